The molecule has 0 bridgehead atoms. The van der Waals surface area contributed by atoms with Crippen LogP contribution in [0, 0.1) is 13.8 Å². The zero-order valence-corrected chi connectivity index (χ0v) is 16.4. The van der Waals surface area contributed by atoms with E-state index in [4.69, 9.17) is 8.83 Å². The van der Waals surface area contributed by atoms with Crippen LogP contribution in [0.15, 0.2) is 63.0 Å². The SMILES string of the molecule is C=CCn1c(SCc2nnc(-c3cc(C)oc3C)o2)nnc1-c1ccccc1. The van der Waals surface area contributed by atoms with Crippen LogP contribution in [-0.4, -0.2) is 25.0 Å². The van der Waals surface area contributed by atoms with Crippen LogP contribution in [0.1, 0.15) is 17.4 Å². The average Bonchev–Trinajstić information content (AvgIpc) is 3.40. The first kappa shape index (κ1) is 18.2. The molecule has 1 aromatic carbocycles. The summed E-state index contributed by atoms with van der Waals surface area (Å²) in [7, 11) is 0. The van der Waals surface area contributed by atoms with Gasteiger partial charge < -0.3 is 8.83 Å². The maximum absolute atomic E-state index is 5.80. The minimum absolute atomic E-state index is 0.461. The van der Waals surface area contributed by atoms with Gasteiger partial charge in [0.2, 0.25) is 5.89 Å². The van der Waals surface area contributed by atoms with E-state index in [1.165, 1.54) is 11.8 Å². The van der Waals surface area contributed by atoms with Crippen LogP contribution in [0.25, 0.3) is 22.8 Å². The molecule has 4 aromatic rings. The van der Waals surface area contributed by atoms with E-state index >= 15 is 0 Å². The zero-order chi connectivity index (χ0) is 19.5. The minimum atomic E-state index is 0.461. The molecule has 0 fully saturated rings. The molecule has 0 amide bonds. The molecule has 0 saturated carbocycles. The molecular formula is C20H19N5O2S. The van der Waals surface area contributed by atoms with Crippen molar-refractivity contribution in [3.63, 3.8) is 0 Å². The van der Waals surface area contributed by atoms with Crippen molar-refractivity contribution in [1.29, 1.82) is 0 Å². The van der Waals surface area contributed by atoms with E-state index in [1.54, 1.807) is 0 Å². The predicted molar refractivity (Wildman–Crippen MR) is 107 cm³/mol. The minimum Gasteiger partial charge on any atom is -0.466 e. The number of aryl methyl sites for hydroxylation is 2. The first-order valence-corrected chi connectivity index (χ1v) is 9.76. The molecule has 0 spiro atoms. The summed E-state index contributed by atoms with van der Waals surface area (Å²) < 4.78 is 13.3. The highest BCUT2D eigenvalue weighted by Crippen LogP contribution is 2.29. The summed E-state index contributed by atoms with van der Waals surface area (Å²) in [5.41, 5.74) is 1.83. The highest BCUT2D eigenvalue weighted by Gasteiger charge is 2.17. The maximum Gasteiger partial charge on any atom is 0.251 e. The van der Waals surface area contributed by atoms with Gasteiger partial charge in [-0.2, -0.15) is 0 Å². The van der Waals surface area contributed by atoms with Crippen molar-refractivity contribution in [3.05, 3.63) is 66.5 Å². The zero-order valence-electron chi connectivity index (χ0n) is 15.6. The lowest BCUT2D eigenvalue weighted by molar-refractivity contribution is 0.499. The molecule has 3 aromatic heterocycles. The van der Waals surface area contributed by atoms with Gasteiger partial charge in [0, 0.05) is 12.1 Å². The lowest BCUT2D eigenvalue weighted by Crippen LogP contribution is -2.00. The summed E-state index contributed by atoms with van der Waals surface area (Å²) >= 11 is 1.50. The molecule has 28 heavy (non-hydrogen) atoms. The van der Waals surface area contributed by atoms with E-state index in [9.17, 15) is 0 Å². The standard InChI is InChI=1S/C20H19N5O2S/c1-4-10-25-18(15-8-6-5-7-9-15)22-24-20(25)28-12-17-21-23-19(27-17)16-11-13(2)26-14(16)3/h4-9,11H,1,10,12H2,2-3H3. The summed E-state index contributed by atoms with van der Waals surface area (Å²) in [6.07, 6.45) is 1.83. The fourth-order valence-electron chi connectivity index (χ4n) is 2.88. The highest BCUT2D eigenvalue weighted by atomic mass is 32.2. The number of thioether (sulfide) groups is 1. The molecule has 0 aliphatic heterocycles. The van der Waals surface area contributed by atoms with Crippen LogP contribution in [0.3, 0.4) is 0 Å². The Hall–Kier alpha value is -3.13. The molecule has 0 radical (unpaired) electrons. The van der Waals surface area contributed by atoms with E-state index in [0.717, 1.165) is 33.6 Å². The van der Waals surface area contributed by atoms with Crippen LogP contribution < -0.4 is 0 Å². The van der Waals surface area contributed by atoms with Gasteiger partial charge in [-0.3, -0.25) is 4.57 Å². The third-order valence-electron chi connectivity index (χ3n) is 4.12. The Morgan fingerprint density at radius 2 is 1.89 bits per heavy atom. The summed E-state index contributed by atoms with van der Waals surface area (Å²) in [6.45, 7) is 8.22. The van der Waals surface area contributed by atoms with Gasteiger partial charge in [0.25, 0.3) is 5.89 Å². The van der Waals surface area contributed by atoms with Crippen LogP contribution in [-0.2, 0) is 12.3 Å². The first-order valence-electron chi connectivity index (χ1n) is 8.78. The molecule has 0 aliphatic rings. The summed E-state index contributed by atoms with van der Waals surface area (Å²) in [4.78, 5) is 0. The van der Waals surface area contributed by atoms with Gasteiger partial charge in [0.05, 0.1) is 11.3 Å². The van der Waals surface area contributed by atoms with E-state index in [2.05, 4.69) is 27.0 Å². The number of hydrogen-bond donors (Lipinski definition) is 0. The molecule has 0 saturated heterocycles. The van der Waals surface area contributed by atoms with Crippen LogP contribution in [0.5, 0.6) is 0 Å². The highest BCUT2D eigenvalue weighted by molar-refractivity contribution is 7.98. The number of nitrogens with zero attached hydrogens (tertiary/aromatic N) is 5. The van der Waals surface area contributed by atoms with E-state index in [0.29, 0.717) is 24.1 Å². The molecule has 8 heteroatoms. The average molecular weight is 393 g/mol. The van der Waals surface area contributed by atoms with E-state index in [1.807, 2.05) is 60.9 Å². The number of benzene rings is 1. The molecule has 0 N–H and O–H groups in total. The number of furan rings is 1. The second-order valence-corrected chi connectivity index (χ2v) is 7.13. The number of allylic oxidation sites excluding steroid dienone is 1. The van der Waals surface area contributed by atoms with Crippen molar-refractivity contribution in [1.82, 2.24) is 25.0 Å². The predicted octanol–water partition coefficient (Wildman–Crippen LogP) is 4.68. The third-order valence-corrected chi connectivity index (χ3v) is 5.08. The lowest BCUT2D eigenvalue weighted by atomic mass is 10.2. The molecular weight excluding hydrogens is 374 g/mol. The van der Waals surface area contributed by atoms with Crippen molar-refractivity contribution in [2.75, 3.05) is 0 Å². The van der Waals surface area contributed by atoms with Crippen LogP contribution in [0.2, 0.25) is 0 Å². The Labute approximate surface area is 166 Å². The largest absolute Gasteiger partial charge is 0.466 e. The third kappa shape index (κ3) is 3.63. The van der Waals surface area contributed by atoms with Crippen LogP contribution >= 0.6 is 11.8 Å². The van der Waals surface area contributed by atoms with Gasteiger partial charge in [-0.15, -0.1) is 27.0 Å². The normalized spacial score (nSPS) is 11.1. The Kier molecular flexibility index (Phi) is 5.12. The van der Waals surface area contributed by atoms with E-state index in [-0.39, 0.29) is 0 Å². The summed E-state index contributed by atoms with van der Waals surface area (Å²) in [5, 5.41) is 17.7. The number of rotatable bonds is 7. The van der Waals surface area contributed by atoms with Gasteiger partial charge in [-0.05, 0) is 19.9 Å². The molecule has 0 atom stereocenters. The first-order chi connectivity index (χ1) is 13.7. The van der Waals surface area contributed by atoms with E-state index < -0.39 is 0 Å². The fourth-order valence-corrected chi connectivity index (χ4v) is 3.66. The van der Waals surface area contributed by atoms with Crippen molar-refractivity contribution in [2.24, 2.45) is 0 Å². The Morgan fingerprint density at radius 1 is 1.07 bits per heavy atom. The number of hydrogen-bond acceptors (Lipinski definition) is 7. The van der Waals surface area contributed by atoms with Crippen molar-refractivity contribution < 1.29 is 8.83 Å². The van der Waals surface area contributed by atoms with Crippen molar-refractivity contribution in [2.45, 2.75) is 31.3 Å². The van der Waals surface area contributed by atoms with Gasteiger partial charge in [-0.25, -0.2) is 0 Å². The fraction of sp³-hybridized carbons (Fsp3) is 0.200. The number of aromatic nitrogens is 5. The second kappa shape index (κ2) is 7.85. The smallest absolute Gasteiger partial charge is 0.251 e. The summed E-state index contributed by atoms with van der Waals surface area (Å²) in [5.74, 6) is 3.85. The Morgan fingerprint density at radius 3 is 2.61 bits per heavy atom. The van der Waals surface area contributed by atoms with Gasteiger partial charge >= 0.3 is 0 Å². The monoisotopic (exact) mass is 393 g/mol. The Bertz CT molecular complexity index is 1100. The molecule has 0 aliphatic carbocycles. The molecule has 0 unspecified atom stereocenters. The van der Waals surface area contributed by atoms with Crippen molar-refractivity contribution >= 4 is 11.8 Å². The molecule has 142 valence electrons. The topological polar surface area (TPSA) is 82.8 Å². The van der Waals surface area contributed by atoms with Gasteiger partial charge in [0.15, 0.2) is 11.0 Å². The molecule has 7 nitrogen and oxygen atoms in total. The van der Waals surface area contributed by atoms with Gasteiger partial charge in [0.1, 0.15) is 11.5 Å². The lowest BCUT2D eigenvalue weighted by Gasteiger charge is -2.06. The quantitative estimate of drug-likeness (QED) is 0.333. The Balaban J connectivity index is 1.53. The van der Waals surface area contributed by atoms with Crippen LogP contribution in [0.4, 0.5) is 0 Å². The van der Waals surface area contributed by atoms with Gasteiger partial charge in [-0.1, -0.05) is 48.2 Å². The molecule has 3 heterocycles. The molecule has 4 rings (SSSR count). The summed E-state index contributed by atoms with van der Waals surface area (Å²) in [6, 6.07) is 11.9. The maximum atomic E-state index is 5.80. The second-order valence-electron chi connectivity index (χ2n) is 6.19. The van der Waals surface area contributed by atoms with Crippen molar-refractivity contribution in [3.8, 4) is 22.8 Å².